The maximum Gasteiger partial charge on any atom is 0.0619 e. The number of rotatable bonds is 3. The molecular weight excluding hydrogens is 460 g/mol. The third-order valence-electron chi connectivity index (χ3n) is 7.75. The maximum absolute atomic E-state index is 3.62. The lowest BCUT2D eigenvalue weighted by Gasteiger charge is -2.13. The van der Waals surface area contributed by atoms with Crippen molar-refractivity contribution < 1.29 is 0 Å². The summed E-state index contributed by atoms with van der Waals surface area (Å²) in [5.41, 5.74) is 10.9. The molecule has 38 heavy (non-hydrogen) atoms. The van der Waals surface area contributed by atoms with Crippen molar-refractivity contribution in [2.24, 2.45) is 0 Å². The average Bonchev–Trinajstić information content (AvgIpc) is 3.54. The second kappa shape index (κ2) is 8.22. The summed E-state index contributed by atoms with van der Waals surface area (Å²) in [5, 5.41) is 5.06. The van der Waals surface area contributed by atoms with E-state index in [-0.39, 0.29) is 0 Å². The van der Waals surface area contributed by atoms with Crippen LogP contribution < -0.4 is 0 Å². The van der Waals surface area contributed by atoms with Gasteiger partial charge in [0.05, 0.1) is 11.0 Å². The predicted octanol–water partition coefficient (Wildman–Crippen LogP) is 9.75. The lowest BCUT2D eigenvalue weighted by atomic mass is 9.97. The van der Waals surface area contributed by atoms with Gasteiger partial charge in [-0.05, 0) is 47.0 Å². The van der Waals surface area contributed by atoms with Crippen LogP contribution in [0.15, 0.2) is 140 Å². The van der Waals surface area contributed by atoms with E-state index in [1.165, 1.54) is 60.3 Å². The van der Waals surface area contributed by atoms with Crippen LogP contribution in [0.25, 0.3) is 71.6 Å². The van der Waals surface area contributed by atoms with Crippen LogP contribution >= 0.6 is 0 Å². The van der Waals surface area contributed by atoms with Gasteiger partial charge in [0.25, 0.3) is 0 Å². The number of nitrogens with zero attached hydrogens (tertiary/aromatic N) is 1. The minimum Gasteiger partial charge on any atom is -0.354 e. The first-order valence-corrected chi connectivity index (χ1v) is 13.0. The number of hydrogen-bond donors (Lipinski definition) is 1. The van der Waals surface area contributed by atoms with Gasteiger partial charge in [-0.3, -0.25) is 0 Å². The van der Waals surface area contributed by atoms with Gasteiger partial charge < -0.3 is 9.55 Å². The van der Waals surface area contributed by atoms with Crippen molar-refractivity contribution in [2.45, 2.75) is 0 Å². The van der Waals surface area contributed by atoms with Crippen molar-refractivity contribution in [2.75, 3.05) is 0 Å². The first kappa shape index (κ1) is 21.0. The van der Waals surface area contributed by atoms with Crippen LogP contribution in [0.2, 0.25) is 0 Å². The van der Waals surface area contributed by atoms with Gasteiger partial charge in [0.2, 0.25) is 0 Å². The summed E-state index contributed by atoms with van der Waals surface area (Å²) in [6, 6.07) is 50.2. The molecule has 178 valence electrons. The van der Waals surface area contributed by atoms with Crippen molar-refractivity contribution in [1.82, 2.24) is 9.55 Å². The number of H-pyrrole nitrogens is 1. The number of hydrogen-bond acceptors (Lipinski definition) is 0. The van der Waals surface area contributed by atoms with Gasteiger partial charge in [-0.1, -0.05) is 109 Å². The number of fused-ring (bicyclic) bond motifs is 6. The highest BCUT2D eigenvalue weighted by atomic mass is 15.0. The SMILES string of the molecule is c1ccc(-c2ccc(-n3c4ccccc4c4cccc(-c5cccc6[nH]c7ccccc7c56)c43)cc2)cc1. The minimum absolute atomic E-state index is 1.16. The van der Waals surface area contributed by atoms with Crippen LogP contribution in [-0.4, -0.2) is 9.55 Å². The topological polar surface area (TPSA) is 20.7 Å². The molecule has 0 saturated heterocycles. The van der Waals surface area contributed by atoms with Crippen molar-refractivity contribution in [1.29, 1.82) is 0 Å². The zero-order valence-corrected chi connectivity index (χ0v) is 20.7. The molecule has 8 aromatic rings. The van der Waals surface area contributed by atoms with Crippen molar-refractivity contribution in [3.8, 4) is 27.9 Å². The van der Waals surface area contributed by atoms with E-state index in [1.54, 1.807) is 0 Å². The van der Waals surface area contributed by atoms with E-state index in [2.05, 4.69) is 149 Å². The molecule has 0 aliphatic heterocycles. The highest BCUT2D eigenvalue weighted by Gasteiger charge is 2.18. The zero-order valence-electron chi connectivity index (χ0n) is 20.7. The van der Waals surface area contributed by atoms with E-state index in [0.29, 0.717) is 0 Å². The standard InChI is InChI=1S/C36H24N2/c1-2-10-24(11-3-1)25-20-22-26(23-21-25)38-34-19-7-5-12-27(34)29-15-8-16-30(36(29)38)28-14-9-18-33-35(28)31-13-4-6-17-32(31)37-33/h1-23,37H. The number of benzene rings is 6. The number of aromatic amines is 1. The lowest BCUT2D eigenvalue weighted by Crippen LogP contribution is -1.96. The van der Waals surface area contributed by atoms with Gasteiger partial charge in [0.1, 0.15) is 0 Å². The minimum atomic E-state index is 1.16. The quantitative estimate of drug-likeness (QED) is 0.258. The fourth-order valence-electron chi connectivity index (χ4n) is 6.06. The summed E-state index contributed by atoms with van der Waals surface area (Å²) in [4.78, 5) is 3.62. The number of para-hydroxylation sites is 3. The van der Waals surface area contributed by atoms with Gasteiger partial charge in [0, 0.05) is 43.8 Å². The molecule has 0 amide bonds. The molecule has 0 aliphatic rings. The molecule has 6 aromatic carbocycles. The summed E-state index contributed by atoms with van der Waals surface area (Å²) in [7, 11) is 0. The Morgan fingerprint density at radius 2 is 1.05 bits per heavy atom. The second-order valence-electron chi connectivity index (χ2n) is 9.87. The van der Waals surface area contributed by atoms with E-state index in [4.69, 9.17) is 0 Å². The molecule has 0 unspecified atom stereocenters. The summed E-state index contributed by atoms with van der Waals surface area (Å²) in [5.74, 6) is 0. The molecule has 2 heteroatoms. The molecule has 0 fully saturated rings. The second-order valence-corrected chi connectivity index (χ2v) is 9.87. The van der Waals surface area contributed by atoms with Gasteiger partial charge in [-0.25, -0.2) is 0 Å². The van der Waals surface area contributed by atoms with Crippen molar-refractivity contribution >= 4 is 43.6 Å². The molecule has 0 saturated carbocycles. The van der Waals surface area contributed by atoms with Gasteiger partial charge >= 0.3 is 0 Å². The van der Waals surface area contributed by atoms with Crippen molar-refractivity contribution in [3.63, 3.8) is 0 Å². The Morgan fingerprint density at radius 1 is 0.421 bits per heavy atom. The summed E-state index contributed by atoms with van der Waals surface area (Å²) < 4.78 is 2.43. The number of nitrogens with one attached hydrogen (secondary N) is 1. The third-order valence-corrected chi connectivity index (χ3v) is 7.75. The maximum atomic E-state index is 3.62. The summed E-state index contributed by atoms with van der Waals surface area (Å²) in [6.45, 7) is 0. The Morgan fingerprint density at radius 3 is 1.92 bits per heavy atom. The Balaban J connectivity index is 1.45. The summed E-state index contributed by atoms with van der Waals surface area (Å²) in [6.07, 6.45) is 0. The molecule has 0 aliphatic carbocycles. The van der Waals surface area contributed by atoms with E-state index in [1.807, 2.05) is 0 Å². The van der Waals surface area contributed by atoms with E-state index in [0.717, 1.165) is 11.2 Å². The Labute approximate surface area is 220 Å². The normalized spacial score (nSPS) is 11.7. The van der Waals surface area contributed by atoms with Crippen LogP contribution in [0.1, 0.15) is 0 Å². The smallest absolute Gasteiger partial charge is 0.0619 e. The van der Waals surface area contributed by atoms with Crippen LogP contribution in [0.3, 0.4) is 0 Å². The molecule has 0 spiro atoms. The van der Waals surface area contributed by atoms with Crippen LogP contribution in [0, 0.1) is 0 Å². The highest BCUT2D eigenvalue weighted by molar-refractivity contribution is 6.19. The summed E-state index contributed by atoms with van der Waals surface area (Å²) >= 11 is 0. The van der Waals surface area contributed by atoms with E-state index in [9.17, 15) is 0 Å². The monoisotopic (exact) mass is 484 g/mol. The highest BCUT2D eigenvalue weighted by Crippen LogP contribution is 2.42. The van der Waals surface area contributed by atoms with Crippen LogP contribution in [0.5, 0.6) is 0 Å². The van der Waals surface area contributed by atoms with E-state index >= 15 is 0 Å². The van der Waals surface area contributed by atoms with Gasteiger partial charge in [0.15, 0.2) is 0 Å². The molecule has 0 radical (unpaired) electrons. The van der Waals surface area contributed by atoms with Crippen LogP contribution in [0.4, 0.5) is 0 Å². The largest absolute Gasteiger partial charge is 0.354 e. The predicted molar refractivity (Wildman–Crippen MR) is 161 cm³/mol. The molecule has 0 atom stereocenters. The Kier molecular flexibility index (Phi) is 4.55. The zero-order chi connectivity index (χ0) is 25.1. The molecular formula is C36H24N2. The van der Waals surface area contributed by atoms with Crippen molar-refractivity contribution in [3.05, 3.63) is 140 Å². The number of aromatic nitrogens is 2. The Hall–Kier alpha value is -5.08. The first-order valence-electron chi connectivity index (χ1n) is 13.0. The molecule has 0 bridgehead atoms. The first-order chi connectivity index (χ1) is 18.9. The molecule has 1 N–H and O–H groups in total. The van der Waals surface area contributed by atoms with E-state index < -0.39 is 0 Å². The fourth-order valence-corrected chi connectivity index (χ4v) is 6.06. The fraction of sp³-hybridized carbons (Fsp3) is 0. The lowest BCUT2D eigenvalue weighted by molar-refractivity contribution is 1.18. The molecule has 8 rings (SSSR count). The Bertz CT molecular complexity index is 2110. The van der Waals surface area contributed by atoms with Gasteiger partial charge in [-0.2, -0.15) is 0 Å². The molecule has 2 nitrogen and oxygen atoms in total. The third kappa shape index (κ3) is 3.07. The van der Waals surface area contributed by atoms with Crippen LogP contribution in [-0.2, 0) is 0 Å². The van der Waals surface area contributed by atoms with Gasteiger partial charge in [-0.15, -0.1) is 0 Å². The molecule has 2 heterocycles. The average molecular weight is 485 g/mol. The molecule has 2 aromatic heterocycles.